The molecule has 0 saturated carbocycles. The highest BCUT2D eigenvalue weighted by atomic mass is 16.6. The van der Waals surface area contributed by atoms with Crippen molar-refractivity contribution in [3.05, 3.63) is 0 Å². The Morgan fingerprint density at radius 3 is 0.558 bits per heavy atom. The molecule has 0 rings (SSSR count). The molecule has 0 radical (unpaired) electrons. The van der Waals surface area contributed by atoms with Gasteiger partial charge < -0.3 is 95.1 Å². The second-order valence-electron chi connectivity index (χ2n) is 17.7. The van der Waals surface area contributed by atoms with Crippen LogP contribution in [0, 0.1) is 0 Å². The molecule has 0 amide bonds. The van der Waals surface area contributed by atoms with Crippen LogP contribution in [0.5, 0.6) is 0 Å². The monoisotopic (exact) mass is 1120 g/mol. The van der Waals surface area contributed by atoms with Gasteiger partial charge in [-0.1, -0.05) is 96.8 Å². The van der Waals surface area contributed by atoms with Crippen LogP contribution in [0.4, 0.5) is 0 Å². The summed E-state index contributed by atoms with van der Waals surface area (Å²) in [5.74, 6) is -0.136. The van der Waals surface area contributed by atoms with Gasteiger partial charge in [0.25, 0.3) is 0 Å². The van der Waals surface area contributed by atoms with Crippen LogP contribution < -0.4 is 0 Å². The number of carbonyl (C=O) groups excluding carboxylic acids is 1. The number of hydrogen-bond donors (Lipinski definition) is 1. The van der Waals surface area contributed by atoms with Gasteiger partial charge in [-0.25, -0.2) is 0 Å². The van der Waals surface area contributed by atoms with E-state index in [1.807, 2.05) is 0 Å². The maximum atomic E-state index is 11.9. The molecule has 0 aromatic rings. The smallest absolute Gasteiger partial charge is 0.305 e. The lowest BCUT2D eigenvalue weighted by Gasteiger charge is -2.09. The van der Waals surface area contributed by atoms with Crippen molar-refractivity contribution >= 4 is 5.97 Å². The molecule has 0 bridgehead atoms. The van der Waals surface area contributed by atoms with E-state index >= 15 is 0 Å². The molecule has 21 heteroatoms. The molecule has 21 nitrogen and oxygen atoms in total. The van der Waals surface area contributed by atoms with Gasteiger partial charge in [0, 0.05) is 6.42 Å². The zero-order valence-electron chi connectivity index (χ0n) is 48.3. The summed E-state index contributed by atoms with van der Waals surface area (Å²) in [5.41, 5.74) is 0. The van der Waals surface area contributed by atoms with Crippen LogP contribution in [0.25, 0.3) is 0 Å². The van der Waals surface area contributed by atoms with Crippen molar-refractivity contribution in [2.75, 3.05) is 251 Å². The van der Waals surface area contributed by atoms with E-state index in [-0.39, 0.29) is 19.2 Å². The first-order valence-electron chi connectivity index (χ1n) is 29.5. The molecule has 0 spiro atoms. The van der Waals surface area contributed by atoms with Crippen molar-refractivity contribution in [2.24, 2.45) is 0 Å². The minimum atomic E-state index is -0.136. The van der Waals surface area contributed by atoms with Crippen molar-refractivity contribution in [1.82, 2.24) is 0 Å². The lowest BCUT2D eigenvalue weighted by atomic mass is 10.0. The minimum absolute atomic E-state index is 0.0191. The third-order valence-electron chi connectivity index (χ3n) is 11.0. The Balaban J connectivity index is 3.12. The lowest BCUT2D eigenvalue weighted by Crippen LogP contribution is -2.16. The summed E-state index contributed by atoms with van der Waals surface area (Å²) in [6, 6.07) is 0. The van der Waals surface area contributed by atoms with Crippen molar-refractivity contribution in [3.63, 3.8) is 0 Å². The first-order valence-corrected chi connectivity index (χ1v) is 29.5. The number of carbonyl (C=O) groups is 1. The van der Waals surface area contributed by atoms with Crippen LogP contribution in [0.1, 0.15) is 110 Å². The molecule has 0 aliphatic rings. The predicted octanol–water partition coefficient (Wildman–Crippen LogP) is 6.08. The van der Waals surface area contributed by atoms with Gasteiger partial charge in [0.05, 0.1) is 244 Å². The zero-order chi connectivity index (χ0) is 55.2. The Labute approximate surface area is 465 Å². The fraction of sp³-hybridized carbons (Fsp3) is 0.982. The largest absolute Gasteiger partial charge is 0.463 e. The molecular weight excluding hydrogens is 1010 g/mol. The number of rotatable bonds is 72. The fourth-order valence-corrected chi connectivity index (χ4v) is 6.83. The van der Waals surface area contributed by atoms with Crippen LogP contribution >= 0.6 is 0 Å². The summed E-state index contributed by atoms with van der Waals surface area (Å²) in [7, 11) is 0. The zero-order valence-corrected chi connectivity index (χ0v) is 48.3. The van der Waals surface area contributed by atoms with E-state index in [9.17, 15) is 4.79 Å². The average molecular weight is 1120 g/mol. The van der Waals surface area contributed by atoms with Gasteiger partial charge >= 0.3 is 5.97 Å². The maximum Gasteiger partial charge on any atom is 0.305 e. The number of esters is 1. The Kier molecular flexibility index (Phi) is 71.5. The van der Waals surface area contributed by atoms with Crippen LogP contribution in [0.3, 0.4) is 0 Å². The van der Waals surface area contributed by atoms with Crippen molar-refractivity contribution < 1.29 is 99.9 Å². The fourth-order valence-electron chi connectivity index (χ4n) is 6.83. The van der Waals surface area contributed by atoms with Crippen LogP contribution in [0.15, 0.2) is 0 Å². The Hall–Kier alpha value is -1.29. The van der Waals surface area contributed by atoms with Crippen LogP contribution in [0.2, 0.25) is 0 Å². The van der Waals surface area contributed by atoms with E-state index in [2.05, 4.69) is 6.92 Å². The summed E-state index contributed by atoms with van der Waals surface area (Å²) in [5, 5.41) is 8.61. The summed E-state index contributed by atoms with van der Waals surface area (Å²) in [6.45, 7) is 19.8. The highest BCUT2D eigenvalue weighted by molar-refractivity contribution is 5.69. The first-order chi connectivity index (χ1) is 38.3. The molecule has 0 unspecified atom stereocenters. The number of hydrogen-bond acceptors (Lipinski definition) is 21. The Morgan fingerprint density at radius 2 is 0.377 bits per heavy atom. The average Bonchev–Trinajstić information content (AvgIpc) is 3.44. The molecule has 0 aliphatic carbocycles. The molecule has 77 heavy (non-hydrogen) atoms. The van der Waals surface area contributed by atoms with Crippen molar-refractivity contribution in [2.45, 2.75) is 110 Å². The van der Waals surface area contributed by atoms with Gasteiger partial charge in [-0.05, 0) is 6.42 Å². The van der Waals surface area contributed by atoms with E-state index in [0.29, 0.717) is 244 Å². The van der Waals surface area contributed by atoms with Gasteiger partial charge in [0.2, 0.25) is 0 Å². The predicted molar refractivity (Wildman–Crippen MR) is 292 cm³/mol. The van der Waals surface area contributed by atoms with Gasteiger partial charge in [0.1, 0.15) is 6.61 Å². The molecule has 0 fully saturated rings. The van der Waals surface area contributed by atoms with Crippen molar-refractivity contribution in [1.29, 1.82) is 0 Å². The second kappa shape index (κ2) is 72.7. The number of unbranched alkanes of at least 4 members (excludes halogenated alkanes) is 14. The SMILES string of the molecule is CCCCCCCCCCCCCCCCCC(=O)OCCOCCOCCOCCOCCOCCOCCOCCOCCOCCOCCOCCOCCOCCOCCOCCOCCOCCOCCO. The van der Waals surface area contributed by atoms with Crippen molar-refractivity contribution in [3.8, 4) is 0 Å². The van der Waals surface area contributed by atoms with Gasteiger partial charge in [-0.15, -0.1) is 0 Å². The van der Waals surface area contributed by atoms with Crippen LogP contribution in [-0.4, -0.2) is 262 Å². The highest BCUT2D eigenvalue weighted by Gasteiger charge is 2.04. The molecule has 0 heterocycles. The third-order valence-corrected chi connectivity index (χ3v) is 11.0. The number of aliphatic hydroxyl groups is 1. The summed E-state index contributed by atoms with van der Waals surface area (Å²) < 4.78 is 104. The van der Waals surface area contributed by atoms with Gasteiger partial charge in [-0.3, -0.25) is 4.79 Å². The molecule has 0 aromatic heterocycles. The first kappa shape index (κ1) is 75.7. The van der Waals surface area contributed by atoms with Gasteiger partial charge in [0.15, 0.2) is 0 Å². The van der Waals surface area contributed by atoms with E-state index in [4.69, 9.17) is 95.1 Å². The highest BCUT2D eigenvalue weighted by Crippen LogP contribution is 2.14. The maximum absolute atomic E-state index is 11.9. The number of ether oxygens (including phenoxy) is 19. The van der Waals surface area contributed by atoms with Gasteiger partial charge in [-0.2, -0.15) is 0 Å². The van der Waals surface area contributed by atoms with E-state index in [1.165, 1.54) is 83.5 Å². The Bertz CT molecular complexity index is 1060. The molecule has 0 aliphatic heterocycles. The van der Waals surface area contributed by atoms with E-state index < -0.39 is 0 Å². The minimum Gasteiger partial charge on any atom is -0.463 e. The number of aliphatic hydroxyl groups excluding tert-OH is 1. The summed E-state index contributed by atoms with van der Waals surface area (Å²) >= 11 is 0. The lowest BCUT2D eigenvalue weighted by molar-refractivity contribution is -0.145. The third kappa shape index (κ3) is 72.7. The molecule has 1 N–H and O–H groups in total. The molecule has 462 valence electrons. The summed E-state index contributed by atoms with van der Waals surface area (Å²) in [4.78, 5) is 11.9. The molecular formula is C56H112O21. The van der Waals surface area contributed by atoms with Crippen LogP contribution in [-0.2, 0) is 94.8 Å². The normalized spacial score (nSPS) is 11.7. The molecule has 0 atom stereocenters. The standard InChI is InChI=1S/C56H112O21/c1-2-3-4-5-6-7-8-9-10-11-12-13-14-15-16-17-56(58)77-55-54-76-53-52-75-51-50-74-49-48-73-47-46-72-45-44-71-43-42-70-41-40-69-39-38-68-37-36-67-35-34-66-33-32-65-31-30-64-29-28-63-27-26-62-25-24-61-23-22-60-21-20-59-19-18-57/h57H,2-55H2,1H3. The van der Waals surface area contributed by atoms with E-state index in [0.717, 1.165) is 12.8 Å². The Morgan fingerprint density at radius 1 is 0.221 bits per heavy atom. The topological polar surface area (TPSA) is 213 Å². The second-order valence-corrected chi connectivity index (χ2v) is 17.7. The summed E-state index contributed by atoms with van der Waals surface area (Å²) in [6.07, 6.45) is 20.1. The van der Waals surface area contributed by atoms with E-state index in [1.54, 1.807) is 0 Å². The molecule has 0 saturated heterocycles. The quantitative estimate of drug-likeness (QED) is 0.0540. The molecule has 0 aromatic carbocycles.